The average molecular weight is 365 g/mol. The highest BCUT2D eigenvalue weighted by Crippen LogP contribution is 2.31. The Balaban J connectivity index is 1.79. The van der Waals surface area contributed by atoms with Crippen LogP contribution in [0, 0.1) is 28.4 Å². The minimum Gasteiger partial charge on any atom is -0.369 e. The number of likely N-dealkylation sites (N-methyl/N-ethyl adjacent to an activating group) is 1. The first-order chi connectivity index (χ1) is 13.0. The van der Waals surface area contributed by atoms with Gasteiger partial charge in [0.1, 0.15) is 5.69 Å². The number of piperazine rings is 1. The highest BCUT2D eigenvalue weighted by Gasteiger charge is 2.18. The third-order valence-electron chi connectivity index (χ3n) is 4.99. The van der Waals surface area contributed by atoms with Crippen LogP contribution in [0.2, 0.25) is 0 Å². The van der Waals surface area contributed by atoms with Gasteiger partial charge >= 0.3 is 0 Å². The Morgan fingerprint density at radius 3 is 2.44 bits per heavy atom. The van der Waals surface area contributed by atoms with Crippen LogP contribution in [0.15, 0.2) is 36.4 Å². The third kappa shape index (κ3) is 4.18. The van der Waals surface area contributed by atoms with Crippen LogP contribution in [0.1, 0.15) is 18.1 Å². The minimum absolute atomic E-state index is 0.104. The minimum atomic E-state index is -0.472. The van der Waals surface area contributed by atoms with Crippen LogP contribution >= 0.6 is 0 Å². The topological polar surface area (TPSA) is 85.4 Å². The lowest BCUT2D eigenvalue weighted by molar-refractivity contribution is -0.383. The normalized spacial score (nSPS) is 14.6. The van der Waals surface area contributed by atoms with Crippen LogP contribution in [-0.4, -0.2) is 42.5 Å². The standard InChI is InChI=1S/C20H23N5O2/c1-3-23-8-10-24(11-9-23)17-5-7-18(15(2)12-17)22-19-6-4-16(14-21)13-20(19)25(26)27/h4-7,12-13,22H,3,8-11H2,1-2H3. The number of nitro benzene ring substituents is 1. The Morgan fingerprint density at radius 2 is 1.85 bits per heavy atom. The van der Waals surface area contributed by atoms with E-state index >= 15 is 0 Å². The summed E-state index contributed by atoms with van der Waals surface area (Å²) in [6, 6.07) is 12.5. The molecule has 140 valence electrons. The van der Waals surface area contributed by atoms with Gasteiger partial charge in [0.25, 0.3) is 5.69 Å². The van der Waals surface area contributed by atoms with Crippen LogP contribution in [0.5, 0.6) is 0 Å². The maximum Gasteiger partial charge on any atom is 0.293 e. The van der Waals surface area contributed by atoms with Gasteiger partial charge in [-0.3, -0.25) is 10.1 Å². The summed E-state index contributed by atoms with van der Waals surface area (Å²) in [5.41, 5.74) is 3.55. The molecule has 1 aliphatic rings. The Hall–Kier alpha value is -3.11. The fraction of sp³-hybridized carbons (Fsp3) is 0.350. The van der Waals surface area contributed by atoms with Crippen LogP contribution < -0.4 is 10.2 Å². The van der Waals surface area contributed by atoms with Gasteiger partial charge in [-0.25, -0.2) is 0 Å². The van der Waals surface area contributed by atoms with Crippen molar-refractivity contribution in [2.45, 2.75) is 13.8 Å². The second-order valence-corrected chi connectivity index (χ2v) is 6.65. The zero-order valence-corrected chi connectivity index (χ0v) is 15.6. The Labute approximate surface area is 159 Å². The number of nitro groups is 1. The molecule has 1 heterocycles. The van der Waals surface area contributed by atoms with Crippen molar-refractivity contribution in [2.75, 3.05) is 42.9 Å². The molecule has 1 N–H and O–H groups in total. The number of nitrogens with one attached hydrogen (secondary N) is 1. The first-order valence-corrected chi connectivity index (χ1v) is 9.05. The van der Waals surface area contributed by atoms with Gasteiger partial charge in [0.15, 0.2) is 0 Å². The quantitative estimate of drug-likeness (QED) is 0.643. The summed E-state index contributed by atoms with van der Waals surface area (Å²) in [5, 5.41) is 23.4. The number of nitriles is 1. The number of hydrogen-bond acceptors (Lipinski definition) is 6. The number of hydrogen-bond donors (Lipinski definition) is 1. The zero-order chi connectivity index (χ0) is 19.4. The second-order valence-electron chi connectivity index (χ2n) is 6.65. The predicted molar refractivity (Wildman–Crippen MR) is 107 cm³/mol. The van der Waals surface area contributed by atoms with Crippen molar-refractivity contribution in [2.24, 2.45) is 0 Å². The molecule has 0 saturated carbocycles. The van der Waals surface area contributed by atoms with E-state index in [9.17, 15) is 10.1 Å². The van der Waals surface area contributed by atoms with Gasteiger partial charge in [0.05, 0.1) is 16.6 Å². The summed E-state index contributed by atoms with van der Waals surface area (Å²) >= 11 is 0. The monoisotopic (exact) mass is 365 g/mol. The summed E-state index contributed by atoms with van der Waals surface area (Å²) < 4.78 is 0. The molecule has 0 unspecified atom stereocenters. The van der Waals surface area contributed by atoms with Gasteiger partial charge in [-0.05, 0) is 49.4 Å². The number of aryl methyl sites for hydroxylation is 1. The molecule has 0 aromatic heterocycles. The molecule has 27 heavy (non-hydrogen) atoms. The van der Waals surface area contributed by atoms with Crippen molar-refractivity contribution >= 4 is 22.7 Å². The van der Waals surface area contributed by atoms with Crippen LogP contribution in [-0.2, 0) is 0 Å². The molecule has 0 bridgehead atoms. The average Bonchev–Trinajstić information content (AvgIpc) is 2.69. The van der Waals surface area contributed by atoms with E-state index in [0.717, 1.165) is 44.0 Å². The fourth-order valence-corrected chi connectivity index (χ4v) is 3.31. The van der Waals surface area contributed by atoms with Crippen LogP contribution in [0.4, 0.5) is 22.7 Å². The van der Waals surface area contributed by atoms with Crippen molar-refractivity contribution < 1.29 is 4.92 Å². The van der Waals surface area contributed by atoms with E-state index in [1.807, 2.05) is 25.1 Å². The van der Waals surface area contributed by atoms with Crippen molar-refractivity contribution in [1.82, 2.24) is 4.90 Å². The lowest BCUT2D eigenvalue weighted by Crippen LogP contribution is -2.46. The van der Waals surface area contributed by atoms with E-state index in [0.29, 0.717) is 5.69 Å². The van der Waals surface area contributed by atoms with Gasteiger partial charge < -0.3 is 15.1 Å². The molecule has 1 aliphatic heterocycles. The van der Waals surface area contributed by atoms with Crippen LogP contribution in [0.25, 0.3) is 0 Å². The molecule has 0 atom stereocenters. The fourth-order valence-electron chi connectivity index (χ4n) is 3.31. The maximum atomic E-state index is 11.3. The molecule has 1 fully saturated rings. The van der Waals surface area contributed by atoms with E-state index in [-0.39, 0.29) is 11.3 Å². The van der Waals surface area contributed by atoms with E-state index < -0.39 is 4.92 Å². The van der Waals surface area contributed by atoms with Gasteiger partial charge in [-0.15, -0.1) is 0 Å². The molecular formula is C20H23N5O2. The van der Waals surface area contributed by atoms with Crippen molar-refractivity contribution in [3.8, 4) is 6.07 Å². The zero-order valence-electron chi connectivity index (χ0n) is 15.6. The van der Waals surface area contributed by atoms with E-state index in [2.05, 4.69) is 28.1 Å². The molecule has 7 nitrogen and oxygen atoms in total. The molecule has 2 aromatic carbocycles. The number of nitrogens with zero attached hydrogens (tertiary/aromatic N) is 4. The lowest BCUT2D eigenvalue weighted by Gasteiger charge is -2.35. The number of rotatable bonds is 5. The summed E-state index contributed by atoms with van der Waals surface area (Å²) in [4.78, 5) is 15.7. The SMILES string of the molecule is CCN1CCN(c2ccc(Nc3ccc(C#N)cc3[N+](=O)[O-])c(C)c2)CC1. The summed E-state index contributed by atoms with van der Waals surface area (Å²) in [5.74, 6) is 0. The first kappa shape index (κ1) is 18.7. The number of benzene rings is 2. The van der Waals surface area contributed by atoms with E-state index in [1.165, 1.54) is 11.8 Å². The Kier molecular flexibility index (Phi) is 5.57. The van der Waals surface area contributed by atoms with Gasteiger partial charge in [-0.1, -0.05) is 6.92 Å². The molecule has 0 spiro atoms. The van der Waals surface area contributed by atoms with Crippen molar-refractivity contribution in [3.05, 3.63) is 57.6 Å². The molecule has 3 rings (SSSR count). The molecular weight excluding hydrogens is 342 g/mol. The largest absolute Gasteiger partial charge is 0.369 e. The van der Waals surface area contributed by atoms with E-state index in [1.54, 1.807) is 12.1 Å². The van der Waals surface area contributed by atoms with Crippen LogP contribution in [0.3, 0.4) is 0 Å². The third-order valence-corrected chi connectivity index (χ3v) is 4.99. The van der Waals surface area contributed by atoms with E-state index in [4.69, 9.17) is 5.26 Å². The summed E-state index contributed by atoms with van der Waals surface area (Å²) in [6.07, 6.45) is 0. The molecule has 0 radical (unpaired) electrons. The predicted octanol–water partition coefficient (Wildman–Crippen LogP) is 3.66. The first-order valence-electron chi connectivity index (χ1n) is 9.05. The molecule has 1 saturated heterocycles. The van der Waals surface area contributed by atoms with Gasteiger partial charge in [-0.2, -0.15) is 5.26 Å². The lowest BCUT2D eigenvalue weighted by atomic mass is 10.1. The Bertz CT molecular complexity index is 882. The van der Waals surface area contributed by atoms with Crippen molar-refractivity contribution in [1.29, 1.82) is 5.26 Å². The van der Waals surface area contributed by atoms with Gasteiger partial charge in [0, 0.05) is 43.6 Å². The highest BCUT2D eigenvalue weighted by molar-refractivity contribution is 5.73. The molecule has 7 heteroatoms. The van der Waals surface area contributed by atoms with Gasteiger partial charge in [0.2, 0.25) is 0 Å². The maximum absolute atomic E-state index is 11.3. The second kappa shape index (κ2) is 8.06. The molecule has 0 aliphatic carbocycles. The smallest absolute Gasteiger partial charge is 0.293 e. The molecule has 0 amide bonds. The molecule has 2 aromatic rings. The number of anilines is 3. The van der Waals surface area contributed by atoms with Crippen molar-refractivity contribution in [3.63, 3.8) is 0 Å². The Morgan fingerprint density at radius 1 is 1.15 bits per heavy atom. The summed E-state index contributed by atoms with van der Waals surface area (Å²) in [7, 11) is 0. The highest BCUT2D eigenvalue weighted by atomic mass is 16.6. The summed E-state index contributed by atoms with van der Waals surface area (Å²) in [6.45, 7) is 9.38.